The van der Waals surface area contributed by atoms with Crippen LogP contribution in [0.15, 0.2) is 78.4 Å². The zero-order valence-corrected chi connectivity index (χ0v) is 18.1. The number of aryl methyl sites for hydroxylation is 1. The fourth-order valence-corrected chi connectivity index (χ4v) is 4.30. The van der Waals surface area contributed by atoms with Gasteiger partial charge in [-0.3, -0.25) is 4.79 Å². The maximum atomic E-state index is 13.1. The minimum absolute atomic E-state index is 0.218. The topological polar surface area (TPSA) is 26.3 Å². The van der Waals surface area contributed by atoms with E-state index in [1.165, 1.54) is 17.7 Å². The van der Waals surface area contributed by atoms with Crippen molar-refractivity contribution >= 4 is 11.5 Å². The molecular weight excluding hydrogens is 413 g/mol. The van der Waals surface area contributed by atoms with Crippen LogP contribution in [0, 0.1) is 6.92 Å². The van der Waals surface area contributed by atoms with Gasteiger partial charge in [0.1, 0.15) is 5.41 Å². The van der Waals surface area contributed by atoms with Crippen molar-refractivity contribution in [2.45, 2.75) is 32.4 Å². The van der Waals surface area contributed by atoms with E-state index >= 15 is 0 Å². The average Bonchev–Trinajstić information content (AvgIpc) is 3.40. The number of carbonyl (C=O) groups is 1. The lowest BCUT2D eigenvalue weighted by atomic mass is 9.85. The fourth-order valence-electron chi connectivity index (χ4n) is 4.30. The molecule has 5 heteroatoms. The Morgan fingerprint density at radius 1 is 0.812 bits per heavy atom. The quantitative estimate of drug-likeness (QED) is 0.404. The Balaban J connectivity index is 1.71. The van der Waals surface area contributed by atoms with E-state index < -0.39 is 23.1 Å². The molecule has 1 aliphatic carbocycles. The summed E-state index contributed by atoms with van der Waals surface area (Å²) in [5, 5.41) is 0. The van der Waals surface area contributed by atoms with Gasteiger partial charge < -0.3 is 4.74 Å². The van der Waals surface area contributed by atoms with Crippen molar-refractivity contribution in [1.29, 1.82) is 0 Å². The lowest BCUT2D eigenvalue weighted by Gasteiger charge is -2.20. The van der Waals surface area contributed by atoms with Crippen LogP contribution < -0.4 is 0 Å². The third-order valence-corrected chi connectivity index (χ3v) is 6.04. The van der Waals surface area contributed by atoms with Crippen LogP contribution >= 0.6 is 0 Å². The standard InChI is InChI=1S/C27H23F3O2/c1-4-32-25(31)26(18(3)24(26)21-11-15-23(16-12-21)27(28,29)30)22-13-9-20(10-14-22)19-7-5-17(2)6-8-19/h5-16H,4H2,1-3H3. The highest BCUT2D eigenvalue weighted by atomic mass is 19.4. The Morgan fingerprint density at radius 3 is 1.81 bits per heavy atom. The van der Waals surface area contributed by atoms with E-state index in [1.54, 1.807) is 6.92 Å². The molecule has 0 bridgehead atoms. The van der Waals surface area contributed by atoms with E-state index in [2.05, 4.69) is 0 Å². The molecule has 0 spiro atoms. The van der Waals surface area contributed by atoms with Gasteiger partial charge in [0.05, 0.1) is 12.2 Å². The van der Waals surface area contributed by atoms with E-state index in [1.807, 2.05) is 62.4 Å². The molecule has 0 radical (unpaired) electrons. The molecule has 0 aliphatic heterocycles. The minimum atomic E-state index is -4.41. The first-order chi connectivity index (χ1) is 15.2. The molecule has 0 amide bonds. The number of rotatable bonds is 5. The van der Waals surface area contributed by atoms with Crippen LogP contribution in [0.1, 0.15) is 36.1 Å². The molecule has 3 aromatic rings. The average molecular weight is 436 g/mol. The highest BCUT2D eigenvalue weighted by molar-refractivity contribution is 6.15. The summed E-state index contributed by atoms with van der Waals surface area (Å²) >= 11 is 0. The number of halogens is 3. The zero-order chi connectivity index (χ0) is 23.1. The number of benzene rings is 3. The van der Waals surface area contributed by atoms with Gasteiger partial charge in [0.2, 0.25) is 0 Å². The van der Waals surface area contributed by atoms with Gasteiger partial charge >= 0.3 is 12.1 Å². The second-order valence-electron chi connectivity index (χ2n) is 7.99. The molecule has 0 saturated carbocycles. The third kappa shape index (κ3) is 3.62. The first kappa shape index (κ1) is 21.9. The lowest BCUT2D eigenvalue weighted by molar-refractivity contribution is -0.145. The molecule has 0 fully saturated rings. The molecule has 4 rings (SSSR count). The monoisotopic (exact) mass is 436 g/mol. The molecule has 0 aromatic heterocycles. The molecule has 32 heavy (non-hydrogen) atoms. The predicted octanol–water partition coefficient (Wildman–Crippen LogP) is 6.97. The molecule has 1 unspecified atom stereocenters. The summed E-state index contributed by atoms with van der Waals surface area (Å²) in [6, 6.07) is 20.8. The van der Waals surface area contributed by atoms with Crippen LogP contribution in [-0.2, 0) is 21.1 Å². The number of hydrogen-bond acceptors (Lipinski definition) is 2. The number of ether oxygens (including phenoxy) is 1. The minimum Gasteiger partial charge on any atom is -0.465 e. The predicted molar refractivity (Wildman–Crippen MR) is 119 cm³/mol. The van der Waals surface area contributed by atoms with E-state index in [9.17, 15) is 18.0 Å². The van der Waals surface area contributed by atoms with Crippen molar-refractivity contribution in [2.75, 3.05) is 6.61 Å². The van der Waals surface area contributed by atoms with E-state index in [0.717, 1.165) is 34.4 Å². The van der Waals surface area contributed by atoms with E-state index in [-0.39, 0.29) is 6.61 Å². The molecule has 1 atom stereocenters. The molecule has 3 aromatic carbocycles. The summed E-state index contributed by atoms with van der Waals surface area (Å²) in [5.41, 5.74) is 4.30. The number of alkyl halides is 3. The molecule has 0 saturated heterocycles. The zero-order valence-electron chi connectivity index (χ0n) is 18.1. The lowest BCUT2D eigenvalue weighted by Crippen LogP contribution is -2.28. The Labute approximate surface area is 185 Å². The van der Waals surface area contributed by atoms with Crippen LogP contribution in [0.5, 0.6) is 0 Å². The first-order valence-electron chi connectivity index (χ1n) is 10.4. The number of esters is 1. The SMILES string of the molecule is CCOC(=O)C1(c2ccc(-c3ccc(C)cc3)cc2)C(C)=C1c1ccc(C(F)(F)F)cc1. The van der Waals surface area contributed by atoms with Crippen molar-refractivity contribution in [3.63, 3.8) is 0 Å². The fraction of sp³-hybridized carbons (Fsp3) is 0.222. The van der Waals surface area contributed by atoms with Crippen molar-refractivity contribution in [2.24, 2.45) is 0 Å². The van der Waals surface area contributed by atoms with Gasteiger partial charge in [-0.15, -0.1) is 0 Å². The maximum absolute atomic E-state index is 13.1. The van der Waals surface area contributed by atoms with Gasteiger partial charge in [-0.2, -0.15) is 13.2 Å². The Morgan fingerprint density at radius 2 is 1.31 bits per heavy atom. The van der Waals surface area contributed by atoms with Gasteiger partial charge in [-0.1, -0.05) is 66.2 Å². The summed E-state index contributed by atoms with van der Waals surface area (Å²) in [6.45, 7) is 5.81. The van der Waals surface area contributed by atoms with Crippen LogP contribution in [0.2, 0.25) is 0 Å². The summed E-state index contributed by atoms with van der Waals surface area (Å²) in [5.74, 6) is -0.407. The molecule has 1 aliphatic rings. The highest BCUT2D eigenvalue weighted by Gasteiger charge is 2.59. The Bertz CT molecular complexity index is 1170. The summed E-state index contributed by atoms with van der Waals surface area (Å²) in [6.07, 6.45) is -4.41. The van der Waals surface area contributed by atoms with Crippen LogP contribution in [0.3, 0.4) is 0 Å². The summed E-state index contributed by atoms with van der Waals surface area (Å²) in [7, 11) is 0. The molecule has 0 heterocycles. The van der Waals surface area contributed by atoms with Crippen molar-refractivity contribution in [3.8, 4) is 11.1 Å². The molecule has 164 valence electrons. The van der Waals surface area contributed by atoms with Gasteiger partial charge in [-0.25, -0.2) is 0 Å². The Hall–Kier alpha value is -3.34. The smallest absolute Gasteiger partial charge is 0.416 e. The number of hydrogen-bond donors (Lipinski definition) is 0. The van der Waals surface area contributed by atoms with Crippen LogP contribution in [0.25, 0.3) is 16.7 Å². The van der Waals surface area contributed by atoms with Gasteiger partial charge in [-0.05, 0) is 66.3 Å². The van der Waals surface area contributed by atoms with Crippen LogP contribution in [0.4, 0.5) is 13.2 Å². The van der Waals surface area contributed by atoms with Gasteiger partial charge in [0, 0.05) is 0 Å². The van der Waals surface area contributed by atoms with E-state index in [0.29, 0.717) is 11.1 Å². The Kier molecular flexibility index (Phi) is 5.45. The maximum Gasteiger partial charge on any atom is 0.416 e. The van der Waals surface area contributed by atoms with Gasteiger partial charge in [0.15, 0.2) is 0 Å². The third-order valence-electron chi connectivity index (χ3n) is 6.04. The normalized spacial score (nSPS) is 17.9. The molecule has 2 nitrogen and oxygen atoms in total. The van der Waals surface area contributed by atoms with Crippen molar-refractivity contribution in [1.82, 2.24) is 0 Å². The molecular formula is C27H23F3O2. The van der Waals surface area contributed by atoms with Gasteiger partial charge in [0.25, 0.3) is 0 Å². The number of carbonyl (C=O) groups excluding carboxylic acids is 1. The van der Waals surface area contributed by atoms with Crippen molar-refractivity contribution < 1.29 is 22.7 Å². The molecule has 0 N–H and O–H groups in total. The highest BCUT2D eigenvalue weighted by Crippen LogP contribution is 2.60. The largest absolute Gasteiger partial charge is 0.465 e. The van der Waals surface area contributed by atoms with Crippen LogP contribution in [-0.4, -0.2) is 12.6 Å². The summed E-state index contributed by atoms with van der Waals surface area (Å²) < 4.78 is 44.3. The second kappa shape index (κ2) is 7.97. The summed E-state index contributed by atoms with van der Waals surface area (Å²) in [4.78, 5) is 13.1. The van der Waals surface area contributed by atoms with Crippen molar-refractivity contribution in [3.05, 3.63) is 101 Å². The van der Waals surface area contributed by atoms with E-state index in [4.69, 9.17) is 4.74 Å². The second-order valence-corrected chi connectivity index (χ2v) is 7.99. The first-order valence-corrected chi connectivity index (χ1v) is 10.4.